The van der Waals surface area contributed by atoms with Crippen LogP contribution in [0.15, 0.2) is 11.6 Å². The highest BCUT2D eigenvalue weighted by Gasteiger charge is 2.00. The van der Waals surface area contributed by atoms with Crippen molar-refractivity contribution in [1.29, 1.82) is 0 Å². The van der Waals surface area contributed by atoms with E-state index in [0.717, 1.165) is 12.0 Å². The van der Waals surface area contributed by atoms with Crippen LogP contribution in [-0.2, 0) is 4.79 Å². The predicted octanol–water partition coefficient (Wildman–Crippen LogP) is 1.91. The first kappa shape index (κ1) is 11.4. The van der Waals surface area contributed by atoms with E-state index in [2.05, 4.69) is 19.2 Å². The van der Waals surface area contributed by atoms with E-state index in [1.807, 2.05) is 13.8 Å². The topological polar surface area (TPSA) is 29.1 Å². The standard InChI is InChI=1S/C10H19NO/c1-5-9(4)11-7-10(12)6-8(2)3/h6,9,11H,5,7H2,1-4H3. The Bertz CT molecular complexity index is 169. The van der Waals surface area contributed by atoms with E-state index < -0.39 is 0 Å². The molecule has 2 nitrogen and oxygen atoms in total. The summed E-state index contributed by atoms with van der Waals surface area (Å²) in [7, 11) is 0. The lowest BCUT2D eigenvalue weighted by molar-refractivity contribution is -0.114. The van der Waals surface area contributed by atoms with Crippen LogP contribution in [0.5, 0.6) is 0 Å². The maximum atomic E-state index is 11.1. The zero-order valence-corrected chi connectivity index (χ0v) is 8.48. The van der Waals surface area contributed by atoms with Gasteiger partial charge in [0.05, 0.1) is 6.54 Å². The molecule has 0 rings (SSSR count). The SMILES string of the molecule is CCC(C)NCC(=O)C=C(C)C. The minimum atomic E-state index is 0.162. The highest BCUT2D eigenvalue weighted by atomic mass is 16.1. The third-order valence-electron chi connectivity index (χ3n) is 1.69. The summed E-state index contributed by atoms with van der Waals surface area (Å²) in [4.78, 5) is 11.1. The Balaban J connectivity index is 3.65. The van der Waals surface area contributed by atoms with Gasteiger partial charge in [-0.3, -0.25) is 4.79 Å². The fraction of sp³-hybridized carbons (Fsp3) is 0.700. The normalized spacial score (nSPS) is 12.3. The van der Waals surface area contributed by atoms with Crippen molar-refractivity contribution in [3.63, 3.8) is 0 Å². The number of allylic oxidation sites excluding steroid dienone is 1. The Kier molecular flexibility index (Phi) is 5.64. The van der Waals surface area contributed by atoms with Gasteiger partial charge in [0.1, 0.15) is 0 Å². The number of ketones is 1. The van der Waals surface area contributed by atoms with Crippen molar-refractivity contribution in [2.24, 2.45) is 0 Å². The molecule has 0 bridgehead atoms. The van der Waals surface area contributed by atoms with Gasteiger partial charge in [-0.25, -0.2) is 0 Å². The van der Waals surface area contributed by atoms with E-state index >= 15 is 0 Å². The van der Waals surface area contributed by atoms with Crippen LogP contribution in [0.25, 0.3) is 0 Å². The second kappa shape index (κ2) is 5.95. The molecule has 0 radical (unpaired) electrons. The number of rotatable bonds is 5. The molecule has 1 N–H and O–H groups in total. The molecule has 0 aromatic heterocycles. The van der Waals surface area contributed by atoms with Crippen molar-refractivity contribution in [3.8, 4) is 0 Å². The zero-order chi connectivity index (χ0) is 9.56. The van der Waals surface area contributed by atoms with Crippen LogP contribution < -0.4 is 5.32 Å². The number of hydrogen-bond acceptors (Lipinski definition) is 2. The average Bonchev–Trinajstić information content (AvgIpc) is 1.99. The minimum absolute atomic E-state index is 0.162. The molecule has 12 heavy (non-hydrogen) atoms. The molecule has 70 valence electrons. The van der Waals surface area contributed by atoms with Crippen LogP contribution in [-0.4, -0.2) is 18.4 Å². The molecule has 0 aliphatic heterocycles. The van der Waals surface area contributed by atoms with Crippen molar-refractivity contribution in [2.45, 2.75) is 40.2 Å². The summed E-state index contributed by atoms with van der Waals surface area (Å²) in [6.45, 7) is 8.50. The first-order valence-corrected chi connectivity index (χ1v) is 4.47. The van der Waals surface area contributed by atoms with Gasteiger partial charge in [0.15, 0.2) is 5.78 Å². The van der Waals surface area contributed by atoms with Gasteiger partial charge in [0, 0.05) is 6.04 Å². The molecule has 0 aromatic rings. The smallest absolute Gasteiger partial charge is 0.169 e. The summed E-state index contributed by atoms with van der Waals surface area (Å²) in [5.41, 5.74) is 1.06. The molecule has 0 fully saturated rings. The highest BCUT2D eigenvalue weighted by Crippen LogP contribution is 1.90. The van der Waals surface area contributed by atoms with E-state index in [0.29, 0.717) is 12.6 Å². The average molecular weight is 169 g/mol. The maximum absolute atomic E-state index is 11.1. The van der Waals surface area contributed by atoms with E-state index in [4.69, 9.17) is 0 Å². The van der Waals surface area contributed by atoms with Crippen molar-refractivity contribution in [3.05, 3.63) is 11.6 Å². The predicted molar refractivity (Wildman–Crippen MR) is 52.2 cm³/mol. The molecule has 0 saturated heterocycles. The largest absolute Gasteiger partial charge is 0.307 e. The monoisotopic (exact) mass is 169 g/mol. The Labute approximate surface area is 75.0 Å². The molecular weight excluding hydrogens is 150 g/mol. The van der Waals surface area contributed by atoms with Crippen molar-refractivity contribution < 1.29 is 4.79 Å². The number of nitrogens with one attached hydrogen (secondary N) is 1. The first-order chi connectivity index (χ1) is 5.56. The van der Waals surface area contributed by atoms with Gasteiger partial charge in [-0.15, -0.1) is 0 Å². The molecule has 1 atom stereocenters. The summed E-state index contributed by atoms with van der Waals surface area (Å²) in [5.74, 6) is 0.162. The molecule has 0 aliphatic rings. The lowest BCUT2D eigenvalue weighted by Crippen LogP contribution is -2.30. The van der Waals surface area contributed by atoms with Gasteiger partial charge in [-0.2, -0.15) is 0 Å². The van der Waals surface area contributed by atoms with E-state index in [1.54, 1.807) is 6.08 Å². The van der Waals surface area contributed by atoms with Gasteiger partial charge in [0.2, 0.25) is 0 Å². The lowest BCUT2D eigenvalue weighted by atomic mass is 10.2. The number of carbonyl (C=O) groups is 1. The molecule has 0 aromatic carbocycles. The van der Waals surface area contributed by atoms with Gasteiger partial charge in [-0.1, -0.05) is 12.5 Å². The van der Waals surface area contributed by atoms with E-state index in [1.165, 1.54) is 0 Å². The van der Waals surface area contributed by atoms with Gasteiger partial charge < -0.3 is 5.32 Å². The quantitative estimate of drug-likeness (QED) is 0.637. The van der Waals surface area contributed by atoms with E-state index in [-0.39, 0.29) is 5.78 Å². The van der Waals surface area contributed by atoms with Crippen LogP contribution in [0, 0.1) is 0 Å². The fourth-order valence-corrected chi connectivity index (χ4v) is 0.792. The highest BCUT2D eigenvalue weighted by molar-refractivity contribution is 5.91. The molecule has 0 amide bonds. The summed E-state index contributed by atoms with van der Waals surface area (Å²) in [5, 5.41) is 3.14. The summed E-state index contributed by atoms with van der Waals surface area (Å²) in [6, 6.07) is 0.430. The van der Waals surface area contributed by atoms with Gasteiger partial charge in [0.25, 0.3) is 0 Å². The molecule has 0 saturated carbocycles. The van der Waals surface area contributed by atoms with Crippen molar-refractivity contribution in [1.82, 2.24) is 5.32 Å². The maximum Gasteiger partial charge on any atom is 0.169 e. The molecule has 1 unspecified atom stereocenters. The zero-order valence-electron chi connectivity index (χ0n) is 8.48. The molecule has 0 heterocycles. The van der Waals surface area contributed by atoms with E-state index in [9.17, 15) is 4.79 Å². The van der Waals surface area contributed by atoms with Crippen LogP contribution in [0.3, 0.4) is 0 Å². The fourth-order valence-electron chi connectivity index (χ4n) is 0.792. The Morgan fingerprint density at radius 3 is 2.50 bits per heavy atom. The van der Waals surface area contributed by atoms with Crippen LogP contribution >= 0.6 is 0 Å². The van der Waals surface area contributed by atoms with Crippen LogP contribution in [0.1, 0.15) is 34.1 Å². The number of carbonyl (C=O) groups excluding carboxylic acids is 1. The number of hydrogen-bond donors (Lipinski definition) is 1. The minimum Gasteiger partial charge on any atom is -0.307 e. The van der Waals surface area contributed by atoms with Gasteiger partial charge in [-0.05, 0) is 33.3 Å². The molecule has 2 heteroatoms. The lowest BCUT2D eigenvalue weighted by Gasteiger charge is -2.08. The second-order valence-electron chi connectivity index (χ2n) is 3.38. The third kappa shape index (κ3) is 6.10. The molecular formula is C10H19NO. The van der Waals surface area contributed by atoms with Crippen LogP contribution in [0.4, 0.5) is 0 Å². The summed E-state index contributed by atoms with van der Waals surface area (Å²) >= 11 is 0. The van der Waals surface area contributed by atoms with Crippen molar-refractivity contribution >= 4 is 5.78 Å². The third-order valence-corrected chi connectivity index (χ3v) is 1.69. The molecule has 0 spiro atoms. The Morgan fingerprint density at radius 1 is 1.50 bits per heavy atom. The summed E-state index contributed by atoms with van der Waals surface area (Å²) in [6.07, 6.45) is 2.73. The van der Waals surface area contributed by atoms with Gasteiger partial charge >= 0.3 is 0 Å². The Morgan fingerprint density at radius 2 is 2.08 bits per heavy atom. The van der Waals surface area contributed by atoms with Crippen molar-refractivity contribution in [2.75, 3.05) is 6.54 Å². The molecule has 0 aliphatic carbocycles. The van der Waals surface area contributed by atoms with Crippen LogP contribution in [0.2, 0.25) is 0 Å². The first-order valence-electron chi connectivity index (χ1n) is 4.47. The Hall–Kier alpha value is -0.630. The summed E-state index contributed by atoms with van der Waals surface area (Å²) < 4.78 is 0. The second-order valence-corrected chi connectivity index (χ2v) is 3.38.